The summed E-state index contributed by atoms with van der Waals surface area (Å²) in [6.45, 7) is 8.62. The van der Waals surface area contributed by atoms with Gasteiger partial charge in [0, 0.05) is 37.0 Å². The topological polar surface area (TPSA) is 69.6 Å². The Morgan fingerprint density at radius 3 is 2.64 bits per heavy atom. The molecule has 0 aliphatic carbocycles. The molecule has 1 aliphatic rings. The number of nitrogens with one attached hydrogen (secondary N) is 1. The van der Waals surface area contributed by atoms with E-state index in [9.17, 15) is 14.7 Å². The van der Waals surface area contributed by atoms with E-state index in [0.717, 1.165) is 17.7 Å². The summed E-state index contributed by atoms with van der Waals surface area (Å²) >= 11 is 0. The van der Waals surface area contributed by atoms with Gasteiger partial charge in [-0.3, -0.25) is 9.59 Å². The molecule has 2 N–H and O–H groups in total. The molecule has 1 aromatic rings. The van der Waals surface area contributed by atoms with E-state index in [1.54, 1.807) is 4.90 Å². The SMILES string of the molecule is CC(C)C(O)C(C)(C)CNC(=O)CCN1C(=O)CCc2ccccc21. The molecule has 0 radical (unpaired) electrons. The van der Waals surface area contributed by atoms with E-state index in [4.69, 9.17) is 0 Å². The van der Waals surface area contributed by atoms with Crippen molar-refractivity contribution in [3.05, 3.63) is 29.8 Å². The molecule has 0 saturated heterocycles. The van der Waals surface area contributed by atoms with Crippen LogP contribution >= 0.6 is 0 Å². The zero-order chi connectivity index (χ0) is 18.6. The number of nitrogens with zero attached hydrogens (tertiary/aromatic N) is 1. The molecular formula is C20H30N2O3. The van der Waals surface area contributed by atoms with E-state index in [0.29, 0.717) is 19.5 Å². The molecule has 5 heteroatoms. The highest BCUT2D eigenvalue weighted by Gasteiger charge is 2.30. The normalized spacial score (nSPS) is 15.9. The van der Waals surface area contributed by atoms with E-state index in [1.807, 2.05) is 52.0 Å². The van der Waals surface area contributed by atoms with Crippen LogP contribution in [0.2, 0.25) is 0 Å². The van der Waals surface area contributed by atoms with Gasteiger partial charge >= 0.3 is 0 Å². The Hall–Kier alpha value is -1.88. The fourth-order valence-electron chi connectivity index (χ4n) is 3.38. The number of anilines is 1. The van der Waals surface area contributed by atoms with E-state index in [1.165, 1.54) is 0 Å². The summed E-state index contributed by atoms with van der Waals surface area (Å²) in [5.41, 5.74) is 1.68. The number of fused-ring (bicyclic) bond motifs is 1. The van der Waals surface area contributed by atoms with Crippen LogP contribution in [-0.4, -0.2) is 36.1 Å². The van der Waals surface area contributed by atoms with Gasteiger partial charge in [0.05, 0.1) is 6.10 Å². The Bertz CT molecular complexity index is 625. The number of aliphatic hydroxyl groups is 1. The van der Waals surface area contributed by atoms with Gasteiger partial charge in [-0.15, -0.1) is 0 Å². The van der Waals surface area contributed by atoms with Crippen LogP contribution in [0.15, 0.2) is 24.3 Å². The van der Waals surface area contributed by atoms with Crippen LogP contribution in [-0.2, 0) is 16.0 Å². The first-order valence-corrected chi connectivity index (χ1v) is 9.05. The van der Waals surface area contributed by atoms with Gasteiger partial charge in [-0.2, -0.15) is 0 Å². The van der Waals surface area contributed by atoms with Crippen LogP contribution in [0.3, 0.4) is 0 Å². The number of hydrogen-bond donors (Lipinski definition) is 2. The third-order valence-electron chi connectivity index (χ3n) is 4.93. The predicted molar refractivity (Wildman–Crippen MR) is 99.4 cm³/mol. The van der Waals surface area contributed by atoms with Crippen LogP contribution < -0.4 is 10.2 Å². The molecule has 1 heterocycles. The summed E-state index contributed by atoms with van der Waals surface area (Å²) < 4.78 is 0. The average molecular weight is 346 g/mol. The molecule has 138 valence electrons. The highest BCUT2D eigenvalue weighted by atomic mass is 16.3. The summed E-state index contributed by atoms with van der Waals surface area (Å²) in [5.74, 6) is 0.108. The second-order valence-corrected chi connectivity index (χ2v) is 7.88. The first-order chi connectivity index (χ1) is 11.7. The number of aliphatic hydroxyl groups excluding tert-OH is 1. The molecule has 25 heavy (non-hydrogen) atoms. The zero-order valence-corrected chi connectivity index (χ0v) is 15.7. The fraction of sp³-hybridized carbons (Fsp3) is 0.600. The number of para-hydroxylation sites is 1. The number of amides is 2. The number of carbonyl (C=O) groups excluding carboxylic acids is 2. The molecule has 2 amide bonds. The molecule has 5 nitrogen and oxygen atoms in total. The minimum Gasteiger partial charge on any atom is -0.392 e. The predicted octanol–water partition coefficient (Wildman–Crippen LogP) is 2.52. The fourth-order valence-corrected chi connectivity index (χ4v) is 3.38. The standard InChI is InChI=1S/C20H30N2O3/c1-14(2)19(25)20(3,4)13-21-17(23)11-12-22-16-8-6-5-7-15(16)9-10-18(22)24/h5-8,14,19,25H,9-13H2,1-4H3,(H,21,23). The first-order valence-electron chi connectivity index (χ1n) is 9.05. The van der Waals surface area contributed by atoms with Crippen LogP contribution in [0.5, 0.6) is 0 Å². The maximum absolute atomic E-state index is 12.2. The molecular weight excluding hydrogens is 316 g/mol. The van der Waals surface area contributed by atoms with Crippen LogP contribution in [0.25, 0.3) is 0 Å². The van der Waals surface area contributed by atoms with Crippen LogP contribution in [0, 0.1) is 11.3 Å². The van der Waals surface area contributed by atoms with E-state index >= 15 is 0 Å². The minimum atomic E-state index is -0.483. The summed E-state index contributed by atoms with van der Waals surface area (Å²) in [7, 11) is 0. The van der Waals surface area contributed by atoms with Crippen LogP contribution in [0.4, 0.5) is 5.69 Å². The van der Waals surface area contributed by atoms with E-state index < -0.39 is 11.5 Å². The maximum atomic E-state index is 12.2. The Kier molecular flexibility index (Phi) is 6.22. The lowest BCUT2D eigenvalue weighted by Crippen LogP contribution is -2.44. The maximum Gasteiger partial charge on any atom is 0.227 e. The van der Waals surface area contributed by atoms with Crippen molar-refractivity contribution in [3.8, 4) is 0 Å². The lowest BCUT2D eigenvalue weighted by molar-refractivity contribution is -0.122. The largest absolute Gasteiger partial charge is 0.392 e. The summed E-state index contributed by atoms with van der Waals surface area (Å²) in [5, 5.41) is 13.1. The van der Waals surface area contributed by atoms with Crippen molar-refractivity contribution >= 4 is 17.5 Å². The highest BCUT2D eigenvalue weighted by Crippen LogP contribution is 2.28. The third kappa shape index (κ3) is 4.82. The Labute approximate surface area is 150 Å². The van der Waals surface area contributed by atoms with Gasteiger partial charge in [0.25, 0.3) is 0 Å². The molecule has 0 aromatic heterocycles. The van der Waals surface area contributed by atoms with Gasteiger partial charge in [-0.25, -0.2) is 0 Å². The van der Waals surface area contributed by atoms with Gasteiger partial charge < -0.3 is 15.3 Å². The van der Waals surface area contributed by atoms with E-state index in [-0.39, 0.29) is 24.2 Å². The summed E-state index contributed by atoms with van der Waals surface area (Å²) in [6, 6.07) is 7.86. The second-order valence-electron chi connectivity index (χ2n) is 7.88. The lowest BCUT2D eigenvalue weighted by atomic mass is 9.80. The van der Waals surface area contributed by atoms with Gasteiger partial charge in [-0.05, 0) is 24.0 Å². The quantitative estimate of drug-likeness (QED) is 0.797. The number of carbonyl (C=O) groups is 2. The summed E-state index contributed by atoms with van der Waals surface area (Å²) in [4.78, 5) is 26.1. The molecule has 0 fully saturated rings. The molecule has 2 rings (SSSR count). The van der Waals surface area contributed by atoms with Crippen molar-refractivity contribution in [1.82, 2.24) is 5.32 Å². The van der Waals surface area contributed by atoms with Crippen LogP contribution in [0.1, 0.15) is 46.1 Å². The number of rotatable bonds is 7. The van der Waals surface area contributed by atoms with Crippen molar-refractivity contribution < 1.29 is 14.7 Å². The second kappa shape index (κ2) is 8.00. The molecule has 0 saturated carbocycles. The smallest absolute Gasteiger partial charge is 0.227 e. The zero-order valence-electron chi connectivity index (χ0n) is 15.7. The number of hydrogen-bond acceptors (Lipinski definition) is 3. The first kappa shape index (κ1) is 19.4. The van der Waals surface area contributed by atoms with Crippen molar-refractivity contribution in [2.75, 3.05) is 18.0 Å². The van der Waals surface area contributed by atoms with Crippen molar-refractivity contribution in [2.45, 2.75) is 53.1 Å². The highest BCUT2D eigenvalue weighted by molar-refractivity contribution is 5.96. The Morgan fingerprint density at radius 1 is 1.28 bits per heavy atom. The average Bonchev–Trinajstić information content (AvgIpc) is 2.58. The van der Waals surface area contributed by atoms with Gasteiger partial charge in [0.15, 0.2) is 0 Å². The number of benzene rings is 1. The molecule has 0 spiro atoms. The monoisotopic (exact) mass is 346 g/mol. The molecule has 1 atom stereocenters. The minimum absolute atomic E-state index is 0.0714. The molecule has 1 unspecified atom stereocenters. The molecule has 1 aromatic carbocycles. The summed E-state index contributed by atoms with van der Waals surface area (Å²) in [6.07, 6.45) is 1.03. The van der Waals surface area contributed by atoms with E-state index in [2.05, 4.69) is 5.32 Å². The van der Waals surface area contributed by atoms with Gasteiger partial charge in [-0.1, -0.05) is 45.9 Å². The van der Waals surface area contributed by atoms with Crippen molar-refractivity contribution in [1.29, 1.82) is 0 Å². The Morgan fingerprint density at radius 2 is 1.96 bits per heavy atom. The third-order valence-corrected chi connectivity index (χ3v) is 4.93. The molecule has 1 aliphatic heterocycles. The van der Waals surface area contributed by atoms with Crippen molar-refractivity contribution in [2.24, 2.45) is 11.3 Å². The van der Waals surface area contributed by atoms with Gasteiger partial charge in [0.2, 0.25) is 11.8 Å². The Balaban J connectivity index is 1.89. The molecule has 0 bridgehead atoms. The number of aryl methyl sites for hydroxylation is 1. The van der Waals surface area contributed by atoms with Gasteiger partial charge in [0.1, 0.15) is 0 Å². The lowest BCUT2D eigenvalue weighted by Gasteiger charge is -2.33. The van der Waals surface area contributed by atoms with Crippen molar-refractivity contribution in [3.63, 3.8) is 0 Å².